The van der Waals surface area contributed by atoms with Crippen LogP contribution in [0, 0.1) is 5.92 Å². The first-order valence-electron chi connectivity index (χ1n) is 5.83. The van der Waals surface area contributed by atoms with E-state index in [1.807, 2.05) is 0 Å². The van der Waals surface area contributed by atoms with Crippen molar-refractivity contribution in [3.63, 3.8) is 0 Å². The second kappa shape index (κ2) is 5.47. The van der Waals surface area contributed by atoms with Gasteiger partial charge in [-0.2, -0.15) is 0 Å². The predicted molar refractivity (Wildman–Crippen MR) is 61.0 cm³/mol. The molecular weight excluding hydrogens is 190 g/mol. The molecule has 6 N–H and O–H groups in total. The number of rotatable bonds is 5. The predicted octanol–water partition coefficient (Wildman–Crippen LogP) is 0.488. The van der Waals surface area contributed by atoms with Crippen molar-refractivity contribution in [2.75, 3.05) is 6.54 Å². The lowest BCUT2D eigenvalue weighted by Crippen LogP contribution is -2.51. The summed E-state index contributed by atoms with van der Waals surface area (Å²) in [7, 11) is 0. The molecule has 0 aromatic carbocycles. The van der Waals surface area contributed by atoms with E-state index in [4.69, 9.17) is 17.2 Å². The van der Waals surface area contributed by atoms with Crippen LogP contribution in [0.1, 0.15) is 44.9 Å². The number of carbonyl (C=O) groups is 1. The van der Waals surface area contributed by atoms with Crippen LogP contribution in [0.25, 0.3) is 0 Å². The zero-order chi connectivity index (χ0) is 11.3. The molecule has 1 saturated carbocycles. The SMILES string of the molecule is NC[C@@](N)(CC(N)=O)CC1CCCCC1. The van der Waals surface area contributed by atoms with E-state index in [1.165, 1.54) is 32.1 Å². The maximum absolute atomic E-state index is 10.9. The summed E-state index contributed by atoms with van der Waals surface area (Å²) in [5.41, 5.74) is 16.4. The Morgan fingerprint density at radius 3 is 2.33 bits per heavy atom. The molecule has 88 valence electrons. The Labute approximate surface area is 91.6 Å². The van der Waals surface area contributed by atoms with Crippen LogP contribution in [-0.2, 0) is 4.79 Å². The Morgan fingerprint density at radius 2 is 1.87 bits per heavy atom. The first-order valence-corrected chi connectivity index (χ1v) is 5.83. The van der Waals surface area contributed by atoms with Crippen LogP contribution in [0.15, 0.2) is 0 Å². The highest BCUT2D eigenvalue weighted by Crippen LogP contribution is 2.30. The normalized spacial score (nSPS) is 22.3. The average Bonchev–Trinajstić information content (AvgIpc) is 2.18. The van der Waals surface area contributed by atoms with E-state index in [9.17, 15) is 4.79 Å². The highest BCUT2D eigenvalue weighted by Gasteiger charge is 2.29. The van der Waals surface area contributed by atoms with Crippen LogP contribution < -0.4 is 17.2 Å². The lowest BCUT2D eigenvalue weighted by molar-refractivity contribution is -0.119. The van der Waals surface area contributed by atoms with Crippen LogP contribution in [-0.4, -0.2) is 18.0 Å². The molecule has 0 saturated heterocycles. The Hall–Kier alpha value is -0.610. The van der Waals surface area contributed by atoms with Gasteiger partial charge in [0.15, 0.2) is 0 Å². The molecule has 0 unspecified atom stereocenters. The van der Waals surface area contributed by atoms with Gasteiger partial charge < -0.3 is 17.2 Å². The summed E-state index contributed by atoms with van der Waals surface area (Å²) in [6.45, 7) is 0.340. The Bertz CT molecular complexity index is 214. The van der Waals surface area contributed by atoms with Crippen molar-refractivity contribution in [2.45, 2.75) is 50.5 Å². The minimum atomic E-state index is -0.576. The quantitative estimate of drug-likeness (QED) is 0.620. The largest absolute Gasteiger partial charge is 0.370 e. The first-order chi connectivity index (χ1) is 7.06. The van der Waals surface area contributed by atoms with Gasteiger partial charge in [-0.25, -0.2) is 0 Å². The number of nitrogens with two attached hydrogens (primary N) is 3. The summed E-state index contributed by atoms with van der Waals surface area (Å²) in [4.78, 5) is 10.9. The van der Waals surface area contributed by atoms with Crippen molar-refractivity contribution in [1.82, 2.24) is 0 Å². The van der Waals surface area contributed by atoms with Crippen LogP contribution in [0.3, 0.4) is 0 Å². The minimum absolute atomic E-state index is 0.208. The first kappa shape index (κ1) is 12.5. The fourth-order valence-corrected chi connectivity index (χ4v) is 2.54. The molecule has 0 heterocycles. The smallest absolute Gasteiger partial charge is 0.219 e. The van der Waals surface area contributed by atoms with Crippen molar-refractivity contribution in [3.05, 3.63) is 0 Å². The molecule has 15 heavy (non-hydrogen) atoms. The van der Waals surface area contributed by atoms with Crippen molar-refractivity contribution < 1.29 is 4.79 Å². The standard InChI is InChI=1S/C11H23N3O/c12-8-11(14,7-10(13)15)6-9-4-2-1-3-5-9/h9H,1-8,12,14H2,(H2,13,15)/t11-/m0/s1. The fraction of sp³-hybridized carbons (Fsp3) is 0.909. The molecule has 1 aliphatic carbocycles. The van der Waals surface area contributed by atoms with Crippen molar-refractivity contribution in [1.29, 1.82) is 0 Å². The highest BCUT2D eigenvalue weighted by molar-refractivity contribution is 5.75. The second-order valence-electron chi connectivity index (χ2n) is 4.92. The maximum atomic E-state index is 10.9. The fourth-order valence-electron chi connectivity index (χ4n) is 2.54. The lowest BCUT2D eigenvalue weighted by atomic mass is 9.78. The third kappa shape index (κ3) is 4.18. The summed E-state index contributed by atoms with van der Waals surface area (Å²) in [6.07, 6.45) is 7.37. The number of carbonyl (C=O) groups excluding carboxylic acids is 1. The van der Waals surface area contributed by atoms with E-state index in [0.29, 0.717) is 12.5 Å². The van der Waals surface area contributed by atoms with Gasteiger partial charge in [0.2, 0.25) is 5.91 Å². The van der Waals surface area contributed by atoms with Gasteiger partial charge >= 0.3 is 0 Å². The van der Waals surface area contributed by atoms with Gasteiger partial charge in [0, 0.05) is 18.5 Å². The number of amides is 1. The summed E-state index contributed by atoms with van der Waals surface area (Å²) in [5, 5.41) is 0. The van der Waals surface area contributed by atoms with Gasteiger partial charge in [0.05, 0.1) is 0 Å². The molecule has 0 aliphatic heterocycles. The van der Waals surface area contributed by atoms with E-state index in [-0.39, 0.29) is 12.3 Å². The van der Waals surface area contributed by atoms with Crippen LogP contribution in [0.4, 0.5) is 0 Å². The van der Waals surface area contributed by atoms with E-state index < -0.39 is 5.54 Å². The molecule has 4 nitrogen and oxygen atoms in total. The molecule has 4 heteroatoms. The van der Waals surface area contributed by atoms with Crippen molar-refractivity contribution in [3.8, 4) is 0 Å². The molecule has 0 bridgehead atoms. The summed E-state index contributed by atoms with van der Waals surface area (Å²) < 4.78 is 0. The number of primary amides is 1. The zero-order valence-corrected chi connectivity index (χ0v) is 9.37. The zero-order valence-electron chi connectivity index (χ0n) is 9.37. The number of hydrogen-bond donors (Lipinski definition) is 3. The van der Waals surface area contributed by atoms with Crippen molar-refractivity contribution >= 4 is 5.91 Å². The molecule has 0 spiro atoms. The molecule has 0 aromatic rings. The Kier molecular flexibility index (Phi) is 4.54. The minimum Gasteiger partial charge on any atom is -0.370 e. The van der Waals surface area contributed by atoms with Crippen LogP contribution in [0.5, 0.6) is 0 Å². The van der Waals surface area contributed by atoms with E-state index in [0.717, 1.165) is 6.42 Å². The lowest BCUT2D eigenvalue weighted by Gasteiger charge is -2.33. The third-order valence-corrected chi connectivity index (χ3v) is 3.35. The Morgan fingerprint density at radius 1 is 1.27 bits per heavy atom. The molecule has 1 fully saturated rings. The monoisotopic (exact) mass is 213 g/mol. The Balaban J connectivity index is 2.46. The number of hydrogen-bond acceptors (Lipinski definition) is 3. The third-order valence-electron chi connectivity index (χ3n) is 3.35. The van der Waals surface area contributed by atoms with Gasteiger partial charge in [0.1, 0.15) is 0 Å². The average molecular weight is 213 g/mol. The van der Waals surface area contributed by atoms with Crippen LogP contribution >= 0.6 is 0 Å². The molecule has 1 aliphatic rings. The van der Waals surface area contributed by atoms with Crippen LogP contribution in [0.2, 0.25) is 0 Å². The molecule has 1 rings (SSSR count). The second-order valence-corrected chi connectivity index (χ2v) is 4.92. The van der Waals surface area contributed by atoms with Gasteiger partial charge in [-0.3, -0.25) is 4.79 Å². The van der Waals surface area contributed by atoms with E-state index in [1.54, 1.807) is 0 Å². The molecular formula is C11H23N3O. The molecule has 1 amide bonds. The van der Waals surface area contributed by atoms with E-state index in [2.05, 4.69) is 0 Å². The van der Waals surface area contributed by atoms with E-state index >= 15 is 0 Å². The van der Waals surface area contributed by atoms with Gasteiger partial charge in [-0.15, -0.1) is 0 Å². The topological polar surface area (TPSA) is 95.1 Å². The summed E-state index contributed by atoms with van der Waals surface area (Å²) >= 11 is 0. The highest BCUT2D eigenvalue weighted by atomic mass is 16.1. The van der Waals surface area contributed by atoms with Gasteiger partial charge in [0.25, 0.3) is 0 Å². The molecule has 1 atom stereocenters. The summed E-state index contributed by atoms with van der Waals surface area (Å²) in [5.74, 6) is 0.283. The maximum Gasteiger partial charge on any atom is 0.219 e. The summed E-state index contributed by atoms with van der Waals surface area (Å²) in [6, 6.07) is 0. The van der Waals surface area contributed by atoms with Gasteiger partial charge in [-0.05, 0) is 12.3 Å². The van der Waals surface area contributed by atoms with Gasteiger partial charge in [-0.1, -0.05) is 32.1 Å². The molecule has 0 aromatic heterocycles. The van der Waals surface area contributed by atoms with Crippen molar-refractivity contribution in [2.24, 2.45) is 23.1 Å². The molecule has 0 radical (unpaired) electrons.